The zero-order valence-electron chi connectivity index (χ0n) is 14.8. The molecule has 0 aromatic heterocycles. The van der Waals surface area contributed by atoms with E-state index in [-0.39, 0.29) is 18.4 Å². The molecule has 26 heavy (non-hydrogen) atoms. The molecule has 0 saturated carbocycles. The van der Waals surface area contributed by atoms with Crippen molar-refractivity contribution in [2.45, 2.75) is 32.6 Å². The Kier molecular flexibility index (Phi) is 7.96. The number of benzene rings is 2. The number of halogens is 1. The summed E-state index contributed by atoms with van der Waals surface area (Å²) in [6, 6.07) is 14.0. The molecule has 0 aliphatic heterocycles. The number of hydrogen-bond acceptors (Lipinski definition) is 3. The Labute approximate surface area is 158 Å². The summed E-state index contributed by atoms with van der Waals surface area (Å²) in [6.45, 7) is 1.94. The van der Waals surface area contributed by atoms with Gasteiger partial charge >= 0.3 is 0 Å². The van der Waals surface area contributed by atoms with Crippen molar-refractivity contribution < 1.29 is 14.3 Å². The zero-order valence-corrected chi connectivity index (χ0v) is 15.5. The maximum atomic E-state index is 12.0. The summed E-state index contributed by atoms with van der Waals surface area (Å²) in [5.41, 5.74) is 1.24. The van der Waals surface area contributed by atoms with Gasteiger partial charge in [0.25, 0.3) is 5.91 Å². The van der Waals surface area contributed by atoms with E-state index in [9.17, 15) is 9.59 Å². The maximum absolute atomic E-state index is 12.0. The van der Waals surface area contributed by atoms with Gasteiger partial charge in [-0.15, -0.1) is 0 Å². The first kappa shape index (κ1) is 19.8. The smallest absolute Gasteiger partial charge is 0.262 e. The number of hydrogen-bond donors (Lipinski definition) is 2. The van der Waals surface area contributed by atoms with Crippen LogP contribution in [0.3, 0.4) is 0 Å². The molecule has 0 fully saturated rings. The number of unbranched alkanes of at least 4 members (excludes halogenated alkanes) is 2. The standard InChI is InChI=1S/C20H23ClN2O3/c1-2-3-4-12-19(24)22-15-8-7-9-16(13-15)23-20(25)14-26-18-11-6-5-10-17(18)21/h5-11,13H,2-4,12,14H2,1H3,(H,22,24)(H,23,25). The van der Waals surface area contributed by atoms with Crippen LogP contribution >= 0.6 is 11.6 Å². The van der Waals surface area contributed by atoms with Gasteiger partial charge < -0.3 is 15.4 Å². The summed E-state index contributed by atoms with van der Waals surface area (Å²) in [7, 11) is 0. The SMILES string of the molecule is CCCCCC(=O)Nc1cccc(NC(=O)COc2ccccc2Cl)c1. The van der Waals surface area contributed by atoms with Crippen molar-refractivity contribution in [2.24, 2.45) is 0 Å². The molecule has 2 aromatic carbocycles. The van der Waals surface area contributed by atoms with Crippen molar-refractivity contribution in [2.75, 3.05) is 17.2 Å². The van der Waals surface area contributed by atoms with Crippen molar-refractivity contribution in [3.63, 3.8) is 0 Å². The average Bonchev–Trinajstić information content (AvgIpc) is 2.61. The lowest BCUT2D eigenvalue weighted by molar-refractivity contribution is -0.118. The van der Waals surface area contributed by atoms with Gasteiger partial charge in [0.15, 0.2) is 6.61 Å². The molecule has 138 valence electrons. The third-order valence-electron chi connectivity index (χ3n) is 3.63. The number of nitrogens with one attached hydrogen (secondary N) is 2. The number of carbonyl (C=O) groups is 2. The molecule has 2 N–H and O–H groups in total. The topological polar surface area (TPSA) is 67.4 Å². The van der Waals surface area contributed by atoms with E-state index in [2.05, 4.69) is 17.6 Å². The molecular weight excluding hydrogens is 352 g/mol. The van der Waals surface area contributed by atoms with Gasteiger partial charge in [-0.25, -0.2) is 0 Å². The molecule has 0 heterocycles. The minimum Gasteiger partial charge on any atom is -0.482 e. The summed E-state index contributed by atoms with van der Waals surface area (Å²) in [4.78, 5) is 23.9. The van der Waals surface area contributed by atoms with Gasteiger partial charge in [0.1, 0.15) is 5.75 Å². The summed E-state index contributed by atoms with van der Waals surface area (Å²) in [5, 5.41) is 6.03. The summed E-state index contributed by atoms with van der Waals surface area (Å²) >= 11 is 5.99. The quantitative estimate of drug-likeness (QED) is 0.615. The van der Waals surface area contributed by atoms with Crippen LogP contribution in [-0.2, 0) is 9.59 Å². The largest absolute Gasteiger partial charge is 0.482 e. The predicted molar refractivity (Wildman–Crippen MR) is 105 cm³/mol. The second-order valence-corrected chi connectivity index (χ2v) is 6.26. The van der Waals surface area contributed by atoms with Crippen molar-refractivity contribution in [1.29, 1.82) is 0 Å². The van der Waals surface area contributed by atoms with Gasteiger partial charge in [-0.2, -0.15) is 0 Å². The molecule has 0 bridgehead atoms. The second kappa shape index (κ2) is 10.5. The van der Waals surface area contributed by atoms with Crippen LogP contribution in [0.25, 0.3) is 0 Å². The van der Waals surface area contributed by atoms with Gasteiger partial charge in [0.05, 0.1) is 5.02 Å². The first-order valence-electron chi connectivity index (χ1n) is 8.65. The highest BCUT2D eigenvalue weighted by molar-refractivity contribution is 6.32. The Morgan fingerprint density at radius 3 is 2.35 bits per heavy atom. The van der Waals surface area contributed by atoms with Crippen molar-refractivity contribution in [3.05, 3.63) is 53.6 Å². The molecule has 6 heteroatoms. The van der Waals surface area contributed by atoms with E-state index in [0.717, 1.165) is 19.3 Å². The molecule has 2 rings (SSSR count). The Balaban J connectivity index is 1.84. The summed E-state index contributed by atoms with van der Waals surface area (Å²) < 4.78 is 5.41. The van der Waals surface area contributed by atoms with E-state index < -0.39 is 0 Å². The van der Waals surface area contributed by atoms with E-state index in [4.69, 9.17) is 16.3 Å². The second-order valence-electron chi connectivity index (χ2n) is 5.85. The lowest BCUT2D eigenvalue weighted by Gasteiger charge is -2.10. The number of rotatable bonds is 9. The Hall–Kier alpha value is -2.53. The zero-order chi connectivity index (χ0) is 18.8. The van der Waals surface area contributed by atoms with Crippen LogP contribution in [0.5, 0.6) is 5.75 Å². The number of carbonyl (C=O) groups excluding carboxylic acids is 2. The van der Waals surface area contributed by atoms with Gasteiger partial charge in [-0.1, -0.05) is 49.6 Å². The van der Waals surface area contributed by atoms with Crippen molar-refractivity contribution in [1.82, 2.24) is 0 Å². The van der Waals surface area contributed by atoms with Gasteiger partial charge in [0.2, 0.25) is 5.91 Å². The van der Waals surface area contributed by atoms with Crippen LogP contribution < -0.4 is 15.4 Å². The number of anilines is 2. The van der Waals surface area contributed by atoms with E-state index in [1.807, 2.05) is 0 Å². The van der Waals surface area contributed by atoms with Crippen LogP contribution in [0, 0.1) is 0 Å². The Bertz CT molecular complexity index is 749. The third-order valence-corrected chi connectivity index (χ3v) is 3.95. The van der Waals surface area contributed by atoms with Crippen LogP contribution in [0.2, 0.25) is 5.02 Å². The van der Waals surface area contributed by atoms with E-state index in [1.54, 1.807) is 48.5 Å². The molecule has 0 saturated heterocycles. The molecule has 5 nitrogen and oxygen atoms in total. The minimum atomic E-state index is -0.309. The first-order valence-corrected chi connectivity index (χ1v) is 9.03. The van der Waals surface area contributed by atoms with E-state index in [0.29, 0.717) is 28.6 Å². The summed E-state index contributed by atoms with van der Waals surface area (Å²) in [6.07, 6.45) is 3.48. The van der Waals surface area contributed by atoms with Crippen LogP contribution in [0.4, 0.5) is 11.4 Å². The monoisotopic (exact) mass is 374 g/mol. The highest BCUT2D eigenvalue weighted by atomic mass is 35.5. The normalized spacial score (nSPS) is 10.2. The number of para-hydroxylation sites is 1. The number of amides is 2. The molecular formula is C20H23ClN2O3. The van der Waals surface area contributed by atoms with Crippen LogP contribution in [0.1, 0.15) is 32.6 Å². The number of ether oxygens (including phenoxy) is 1. The molecule has 0 aliphatic carbocycles. The molecule has 0 aliphatic rings. The molecule has 0 radical (unpaired) electrons. The van der Waals surface area contributed by atoms with Gasteiger partial charge in [-0.05, 0) is 36.8 Å². The van der Waals surface area contributed by atoms with E-state index >= 15 is 0 Å². The fraction of sp³-hybridized carbons (Fsp3) is 0.300. The maximum Gasteiger partial charge on any atom is 0.262 e. The molecule has 0 atom stereocenters. The Morgan fingerprint density at radius 1 is 0.962 bits per heavy atom. The lowest BCUT2D eigenvalue weighted by atomic mass is 10.2. The van der Waals surface area contributed by atoms with Crippen molar-refractivity contribution >= 4 is 34.8 Å². The molecule has 0 unspecified atom stereocenters. The minimum absolute atomic E-state index is 0.0241. The summed E-state index contributed by atoms with van der Waals surface area (Å²) in [5.74, 6) is 0.123. The fourth-order valence-electron chi connectivity index (χ4n) is 2.34. The van der Waals surface area contributed by atoms with Gasteiger partial charge in [-0.3, -0.25) is 9.59 Å². The average molecular weight is 375 g/mol. The third kappa shape index (κ3) is 6.76. The van der Waals surface area contributed by atoms with Crippen LogP contribution in [0.15, 0.2) is 48.5 Å². The molecule has 0 spiro atoms. The highest BCUT2D eigenvalue weighted by Gasteiger charge is 2.07. The fourth-order valence-corrected chi connectivity index (χ4v) is 2.53. The van der Waals surface area contributed by atoms with Crippen LogP contribution in [-0.4, -0.2) is 18.4 Å². The van der Waals surface area contributed by atoms with Crippen molar-refractivity contribution in [3.8, 4) is 5.75 Å². The predicted octanol–water partition coefficient (Wildman–Crippen LogP) is 4.88. The highest BCUT2D eigenvalue weighted by Crippen LogP contribution is 2.23. The van der Waals surface area contributed by atoms with Gasteiger partial charge in [0, 0.05) is 17.8 Å². The van der Waals surface area contributed by atoms with E-state index in [1.165, 1.54) is 0 Å². The molecule has 2 aromatic rings. The lowest BCUT2D eigenvalue weighted by Crippen LogP contribution is -2.20. The Morgan fingerprint density at radius 2 is 1.65 bits per heavy atom. The first-order chi connectivity index (χ1) is 12.6. The molecule has 2 amide bonds.